The van der Waals surface area contributed by atoms with E-state index in [0.29, 0.717) is 17.0 Å². The third-order valence-electron chi connectivity index (χ3n) is 3.35. The molecule has 1 heterocycles. The first-order chi connectivity index (χ1) is 8.70. The maximum atomic E-state index is 6.25. The molecule has 0 aliphatic carbocycles. The van der Waals surface area contributed by atoms with Crippen molar-refractivity contribution in [2.75, 3.05) is 18.1 Å². The van der Waals surface area contributed by atoms with E-state index in [-0.39, 0.29) is 0 Å². The zero-order valence-corrected chi connectivity index (χ0v) is 12.9. The predicted molar refractivity (Wildman–Crippen MR) is 83.1 cm³/mol. The van der Waals surface area contributed by atoms with Gasteiger partial charge in [0.1, 0.15) is 0 Å². The van der Waals surface area contributed by atoms with E-state index < -0.39 is 0 Å². The summed E-state index contributed by atoms with van der Waals surface area (Å²) in [7, 11) is 0. The minimum Gasteiger partial charge on any atom is -0.313 e. The lowest BCUT2D eigenvalue weighted by molar-refractivity contribution is 0.425. The van der Waals surface area contributed by atoms with Crippen LogP contribution in [0, 0.1) is 5.92 Å². The molecule has 1 aromatic carbocycles. The van der Waals surface area contributed by atoms with E-state index in [1.165, 1.54) is 23.5 Å². The fraction of sp³-hybridized carbons (Fsp3) is 0.571. The average molecular weight is 304 g/mol. The zero-order valence-electron chi connectivity index (χ0n) is 10.6. The smallest absolute Gasteiger partial charge is 0.0452 e. The third kappa shape index (κ3) is 3.80. The van der Waals surface area contributed by atoms with Gasteiger partial charge in [-0.05, 0) is 48.8 Å². The Labute approximate surface area is 124 Å². The second kappa shape index (κ2) is 7.04. The Morgan fingerprint density at radius 2 is 2.17 bits per heavy atom. The first-order valence-corrected chi connectivity index (χ1v) is 8.36. The fourth-order valence-corrected chi connectivity index (χ4v) is 4.24. The van der Waals surface area contributed by atoms with Crippen LogP contribution in [0.25, 0.3) is 0 Å². The van der Waals surface area contributed by atoms with Crippen molar-refractivity contribution in [1.29, 1.82) is 0 Å². The van der Waals surface area contributed by atoms with E-state index in [4.69, 9.17) is 23.2 Å². The van der Waals surface area contributed by atoms with Gasteiger partial charge in [-0.15, -0.1) is 0 Å². The fourth-order valence-electron chi connectivity index (χ4n) is 2.32. The maximum absolute atomic E-state index is 6.25. The zero-order chi connectivity index (χ0) is 13.0. The summed E-state index contributed by atoms with van der Waals surface area (Å²) >= 11 is 14.2. The summed E-state index contributed by atoms with van der Waals surface area (Å²) in [5.74, 6) is 3.12. The molecular weight excluding hydrogens is 285 g/mol. The third-order valence-corrected chi connectivity index (χ3v) is 5.20. The summed E-state index contributed by atoms with van der Waals surface area (Å²) in [5, 5.41) is 5.16. The first-order valence-electron chi connectivity index (χ1n) is 6.45. The highest BCUT2D eigenvalue weighted by Crippen LogP contribution is 2.30. The van der Waals surface area contributed by atoms with Crippen LogP contribution in [-0.2, 0) is 6.42 Å². The van der Waals surface area contributed by atoms with Crippen molar-refractivity contribution in [3.05, 3.63) is 33.8 Å². The van der Waals surface area contributed by atoms with E-state index >= 15 is 0 Å². The van der Waals surface area contributed by atoms with Gasteiger partial charge >= 0.3 is 0 Å². The molecule has 0 aromatic heterocycles. The number of thioether (sulfide) groups is 1. The molecule has 2 atom stereocenters. The molecule has 2 rings (SSSR count). The number of benzene rings is 1. The van der Waals surface area contributed by atoms with Crippen LogP contribution in [0.15, 0.2) is 18.2 Å². The number of halogens is 2. The molecule has 1 fully saturated rings. The van der Waals surface area contributed by atoms with Gasteiger partial charge in [0.2, 0.25) is 0 Å². The van der Waals surface area contributed by atoms with Crippen LogP contribution >= 0.6 is 35.0 Å². The van der Waals surface area contributed by atoms with E-state index in [0.717, 1.165) is 18.0 Å². The highest BCUT2D eigenvalue weighted by molar-refractivity contribution is 7.99. The normalized spacial score (nSPS) is 23.5. The lowest BCUT2D eigenvalue weighted by Gasteiger charge is -2.20. The molecule has 1 nitrogen and oxygen atoms in total. The van der Waals surface area contributed by atoms with Gasteiger partial charge in [0, 0.05) is 21.8 Å². The summed E-state index contributed by atoms with van der Waals surface area (Å²) in [6, 6.07) is 6.46. The summed E-state index contributed by atoms with van der Waals surface area (Å²) in [6.07, 6.45) is 2.24. The van der Waals surface area contributed by atoms with Crippen LogP contribution < -0.4 is 5.32 Å². The highest BCUT2D eigenvalue weighted by atomic mass is 35.5. The Kier molecular flexibility index (Phi) is 5.68. The molecule has 0 radical (unpaired) electrons. The Balaban J connectivity index is 1.99. The Hall–Kier alpha value is 0.110. The lowest BCUT2D eigenvalue weighted by atomic mass is 9.95. The van der Waals surface area contributed by atoms with Crippen molar-refractivity contribution in [2.45, 2.75) is 25.8 Å². The monoisotopic (exact) mass is 303 g/mol. The van der Waals surface area contributed by atoms with Crippen LogP contribution in [0.1, 0.15) is 18.9 Å². The lowest BCUT2D eigenvalue weighted by Crippen LogP contribution is -2.36. The summed E-state index contributed by atoms with van der Waals surface area (Å²) in [5.41, 5.74) is 1.22. The molecule has 2 unspecified atom stereocenters. The molecule has 1 aliphatic heterocycles. The Morgan fingerprint density at radius 3 is 2.89 bits per heavy atom. The summed E-state index contributed by atoms with van der Waals surface area (Å²) in [6.45, 7) is 3.32. The van der Waals surface area contributed by atoms with Gasteiger partial charge in [-0.1, -0.05) is 36.2 Å². The van der Waals surface area contributed by atoms with Crippen LogP contribution in [0.5, 0.6) is 0 Å². The number of rotatable bonds is 5. The second-order valence-corrected chi connectivity index (χ2v) is 6.72. The minimum absolute atomic E-state index is 0.627. The summed E-state index contributed by atoms with van der Waals surface area (Å²) < 4.78 is 0. The number of nitrogens with one attached hydrogen (secondary N) is 1. The largest absolute Gasteiger partial charge is 0.313 e. The topological polar surface area (TPSA) is 12.0 Å². The molecule has 0 bridgehead atoms. The molecule has 18 heavy (non-hydrogen) atoms. The number of hydrogen-bond donors (Lipinski definition) is 1. The van der Waals surface area contributed by atoms with Gasteiger partial charge in [0.05, 0.1) is 0 Å². The molecule has 4 heteroatoms. The highest BCUT2D eigenvalue weighted by Gasteiger charge is 2.27. The van der Waals surface area contributed by atoms with Gasteiger partial charge in [0.15, 0.2) is 0 Å². The molecular formula is C14H19Cl2NS. The quantitative estimate of drug-likeness (QED) is 0.872. The average Bonchev–Trinajstić information content (AvgIpc) is 2.77. The predicted octanol–water partition coefficient (Wildman–Crippen LogP) is 4.27. The van der Waals surface area contributed by atoms with E-state index in [1.54, 1.807) is 0 Å². The molecule has 100 valence electrons. The van der Waals surface area contributed by atoms with Crippen molar-refractivity contribution >= 4 is 35.0 Å². The van der Waals surface area contributed by atoms with Crippen molar-refractivity contribution in [1.82, 2.24) is 5.32 Å². The van der Waals surface area contributed by atoms with Gasteiger partial charge in [0.25, 0.3) is 0 Å². The van der Waals surface area contributed by atoms with Crippen molar-refractivity contribution in [2.24, 2.45) is 5.92 Å². The molecule has 1 aromatic rings. The molecule has 0 amide bonds. The Morgan fingerprint density at radius 1 is 1.33 bits per heavy atom. The standard InChI is InChI=1S/C14H19Cl2NS/c1-2-5-17-14-9-18-8-11(14)6-10-3-4-12(15)7-13(10)16/h3-4,7,11,14,17H,2,5-6,8-9H2,1H3. The SMILES string of the molecule is CCCNC1CSCC1Cc1ccc(Cl)cc1Cl. The van der Waals surface area contributed by atoms with Crippen molar-refractivity contribution in [3.8, 4) is 0 Å². The molecule has 1 saturated heterocycles. The van der Waals surface area contributed by atoms with Crippen molar-refractivity contribution < 1.29 is 0 Å². The summed E-state index contributed by atoms with van der Waals surface area (Å²) in [4.78, 5) is 0. The van der Waals surface area contributed by atoms with Gasteiger partial charge in [-0.2, -0.15) is 11.8 Å². The van der Waals surface area contributed by atoms with Gasteiger partial charge in [-0.3, -0.25) is 0 Å². The van der Waals surface area contributed by atoms with E-state index in [1.807, 2.05) is 23.9 Å². The molecule has 0 saturated carbocycles. The van der Waals surface area contributed by atoms with Gasteiger partial charge in [-0.25, -0.2) is 0 Å². The maximum Gasteiger partial charge on any atom is 0.0452 e. The van der Waals surface area contributed by atoms with Gasteiger partial charge < -0.3 is 5.32 Å². The van der Waals surface area contributed by atoms with Crippen molar-refractivity contribution in [3.63, 3.8) is 0 Å². The van der Waals surface area contributed by atoms with Crippen LogP contribution in [0.2, 0.25) is 10.0 Å². The van der Waals surface area contributed by atoms with Crippen LogP contribution in [0.4, 0.5) is 0 Å². The van der Waals surface area contributed by atoms with Crippen LogP contribution in [0.3, 0.4) is 0 Å². The molecule has 1 aliphatic rings. The van der Waals surface area contributed by atoms with E-state index in [2.05, 4.69) is 18.3 Å². The minimum atomic E-state index is 0.627. The molecule has 0 spiro atoms. The second-order valence-electron chi connectivity index (χ2n) is 4.80. The number of hydrogen-bond acceptors (Lipinski definition) is 2. The first kappa shape index (κ1) is 14.5. The van der Waals surface area contributed by atoms with E-state index in [9.17, 15) is 0 Å². The molecule has 1 N–H and O–H groups in total. The van der Waals surface area contributed by atoms with Crippen LogP contribution in [-0.4, -0.2) is 24.1 Å². The Bertz CT molecular complexity index is 397.